The topological polar surface area (TPSA) is 113 Å². The zero-order valence-electron chi connectivity index (χ0n) is 18.6. The number of aromatic nitrogens is 6. The highest BCUT2D eigenvalue weighted by Gasteiger charge is 2.18. The lowest BCUT2D eigenvalue weighted by molar-refractivity contribution is 0.102. The maximum Gasteiger partial charge on any atom is 0.276 e. The molecule has 1 amide bonds. The molecule has 0 bridgehead atoms. The quantitative estimate of drug-likeness (QED) is 0.387. The average molecular weight is 454 g/mol. The van der Waals surface area contributed by atoms with E-state index in [1.54, 1.807) is 41.3 Å². The summed E-state index contributed by atoms with van der Waals surface area (Å²) in [5.41, 5.74) is 4.09. The Morgan fingerprint density at radius 2 is 2.03 bits per heavy atom. The molecule has 170 valence electrons. The van der Waals surface area contributed by atoms with Gasteiger partial charge in [-0.15, -0.1) is 0 Å². The number of anilines is 2. The summed E-state index contributed by atoms with van der Waals surface area (Å²) in [5, 5.41) is 14.3. The Hall–Kier alpha value is -4.73. The van der Waals surface area contributed by atoms with Gasteiger partial charge in [0.25, 0.3) is 5.91 Å². The summed E-state index contributed by atoms with van der Waals surface area (Å²) in [4.78, 5) is 23.8. The third kappa shape index (κ3) is 4.29. The second-order valence-corrected chi connectivity index (χ2v) is 7.67. The van der Waals surface area contributed by atoms with Crippen LogP contribution in [0.1, 0.15) is 16.1 Å². The Morgan fingerprint density at radius 1 is 1.18 bits per heavy atom. The van der Waals surface area contributed by atoms with Crippen molar-refractivity contribution in [2.45, 2.75) is 6.54 Å². The van der Waals surface area contributed by atoms with Gasteiger partial charge in [0.05, 0.1) is 19.0 Å². The molecule has 0 saturated carbocycles. The summed E-state index contributed by atoms with van der Waals surface area (Å²) in [6.07, 6.45) is 5.05. The van der Waals surface area contributed by atoms with Crippen molar-refractivity contribution in [1.29, 1.82) is 0 Å². The number of H-pyrrole nitrogens is 1. The first-order chi connectivity index (χ1) is 16.6. The van der Waals surface area contributed by atoms with Crippen LogP contribution in [0.3, 0.4) is 0 Å². The number of amides is 1. The number of hydrogen-bond donors (Lipinski definition) is 2. The van der Waals surface area contributed by atoms with Crippen molar-refractivity contribution < 1.29 is 9.53 Å². The zero-order valence-corrected chi connectivity index (χ0v) is 18.6. The van der Waals surface area contributed by atoms with Crippen LogP contribution in [0.2, 0.25) is 0 Å². The monoisotopic (exact) mass is 454 g/mol. The molecular formula is C24H22N8O2. The van der Waals surface area contributed by atoms with E-state index in [1.165, 1.54) is 7.11 Å². The van der Waals surface area contributed by atoms with E-state index in [4.69, 9.17) is 9.72 Å². The number of hydrogen-bond acceptors (Lipinski definition) is 7. The number of rotatable bonds is 7. The minimum absolute atomic E-state index is 0.232. The van der Waals surface area contributed by atoms with Crippen molar-refractivity contribution in [2.24, 2.45) is 0 Å². The molecular weight excluding hydrogens is 432 g/mol. The molecule has 4 aromatic heterocycles. The van der Waals surface area contributed by atoms with E-state index in [1.807, 2.05) is 31.3 Å². The Kier molecular flexibility index (Phi) is 5.61. The summed E-state index contributed by atoms with van der Waals surface area (Å²) < 4.78 is 6.77. The number of carbonyl (C=O) groups excluding carboxylic acids is 1. The van der Waals surface area contributed by atoms with Crippen molar-refractivity contribution in [3.05, 3.63) is 84.4 Å². The SMILES string of the molecule is COc1cc(NC(=O)c2cc3nc(N(C)Cc4ccccc4)cc(-c4cn[nH]c4)n3n2)ccn1. The van der Waals surface area contributed by atoms with E-state index in [0.29, 0.717) is 23.8 Å². The van der Waals surface area contributed by atoms with E-state index in [9.17, 15) is 4.79 Å². The minimum Gasteiger partial charge on any atom is -0.481 e. The van der Waals surface area contributed by atoms with Crippen LogP contribution in [0, 0.1) is 0 Å². The van der Waals surface area contributed by atoms with Crippen molar-refractivity contribution in [3.8, 4) is 17.1 Å². The van der Waals surface area contributed by atoms with Crippen molar-refractivity contribution in [2.75, 3.05) is 24.4 Å². The van der Waals surface area contributed by atoms with E-state index >= 15 is 0 Å². The van der Waals surface area contributed by atoms with Crippen LogP contribution in [0.15, 0.2) is 73.2 Å². The third-order valence-electron chi connectivity index (χ3n) is 5.30. The van der Waals surface area contributed by atoms with Crippen molar-refractivity contribution in [3.63, 3.8) is 0 Å². The first-order valence-electron chi connectivity index (χ1n) is 10.6. The fourth-order valence-electron chi connectivity index (χ4n) is 3.60. The molecule has 0 fully saturated rings. The van der Waals surface area contributed by atoms with Gasteiger partial charge in [0.15, 0.2) is 11.3 Å². The average Bonchev–Trinajstić information content (AvgIpc) is 3.54. The summed E-state index contributed by atoms with van der Waals surface area (Å²) >= 11 is 0. The molecule has 0 atom stereocenters. The molecule has 0 aliphatic heterocycles. The van der Waals surface area contributed by atoms with Crippen LogP contribution in [0.5, 0.6) is 5.88 Å². The minimum atomic E-state index is -0.365. The molecule has 1 aromatic carbocycles. The van der Waals surface area contributed by atoms with Gasteiger partial charge in [-0.3, -0.25) is 9.89 Å². The van der Waals surface area contributed by atoms with E-state index < -0.39 is 0 Å². The predicted molar refractivity (Wildman–Crippen MR) is 128 cm³/mol. The first-order valence-corrected chi connectivity index (χ1v) is 10.6. The largest absolute Gasteiger partial charge is 0.481 e. The second-order valence-electron chi connectivity index (χ2n) is 7.67. The van der Waals surface area contributed by atoms with E-state index in [0.717, 1.165) is 22.6 Å². The maximum absolute atomic E-state index is 12.9. The van der Waals surface area contributed by atoms with Gasteiger partial charge in [-0.1, -0.05) is 30.3 Å². The molecule has 0 radical (unpaired) electrons. The van der Waals surface area contributed by atoms with Gasteiger partial charge in [0, 0.05) is 55.4 Å². The van der Waals surface area contributed by atoms with Crippen LogP contribution in [0.4, 0.5) is 11.5 Å². The molecule has 0 unspecified atom stereocenters. The highest BCUT2D eigenvalue weighted by Crippen LogP contribution is 2.25. The third-order valence-corrected chi connectivity index (χ3v) is 5.30. The molecule has 34 heavy (non-hydrogen) atoms. The molecule has 10 heteroatoms. The van der Waals surface area contributed by atoms with Crippen LogP contribution >= 0.6 is 0 Å². The summed E-state index contributed by atoms with van der Waals surface area (Å²) in [6, 6.07) is 17.1. The highest BCUT2D eigenvalue weighted by atomic mass is 16.5. The number of methoxy groups -OCH3 is 1. The molecule has 0 aliphatic rings. The molecule has 0 spiro atoms. The van der Waals surface area contributed by atoms with Crippen LogP contribution in [0.25, 0.3) is 16.9 Å². The second kappa shape index (κ2) is 9.02. The Labute approximate surface area is 195 Å². The smallest absolute Gasteiger partial charge is 0.276 e. The fraction of sp³-hybridized carbons (Fsp3) is 0.125. The number of aromatic amines is 1. The van der Waals surface area contributed by atoms with Gasteiger partial charge in [-0.05, 0) is 11.6 Å². The number of ether oxygens (including phenoxy) is 1. The van der Waals surface area contributed by atoms with Gasteiger partial charge in [-0.25, -0.2) is 14.5 Å². The van der Waals surface area contributed by atoms with Crippen LogP contribution in [-0.4, -0.2) is 49.8 Å². The number of fused-ring (bicyclic) bond motifs is 1. The van der Waals surface area contributed by atoms with Crippen molar-refractivity contribution in [1.82, 2.24) is 29.8 Å². The normalized spacial score (nSPS) is 10.9. The van der Waals surface area contributed by atoms with Gasteiger partial charge >= 0.3 is 0 Å². The lowest BCUT2D eigenvalue weighted by atomic mass is 10.2. The number of nitrogens with one attached hydrogen (secondary N) is 2. The number of pyridine rings is 1. The maximum atomic E-state index is 12.9. The predicted octanol–water partition coefficient (Wildman–Crippen LogP) is 3.41. The van der Waals surface area contributed by atoms with Gasteiger partial charge in [0.1, 0.15) is 5.82 Å². The molecule has 5 rings (SSSR count). The number of nitrogens with zero attached hydrogens (tertiary/aromatic N) is 6. The van der Waals surface area contributed by atoms with Crippen molar-refractivity contribution >= 4 is 23.1 Å². The number of benzene rings is 1. The Bertz CT molecular complexity index is 1430. The molecule has 4 heterocycles. The van der Waals surface area contributed by atoms with Gasteiger partial charge < -0.3 is 15.0 Å². The van der Waals surface area contributed by atoms with E-state index in [2.05, 4.69) is 42.6 Å². The molecule has 5 aromatic rings. The first kappa shape index (κ1) is 21.1. The Morgan fingerprint density at radius 3 is 2.79 bits per heavy atom. The number of carbonyl (C=O) groups is 1. The fourth-order valence-corrected chi connectivity index (χ4v) is 3.60. The molecule has 0 aliphatic carbocycles. The lowest BCUT2D eigenvalue weighted by Crippen LogP contribution is -2.18. The molecule has 0 saturated heterocycles. The zero-order chi connectivity index (χ0) is 23.5. The molecule has 2 N–H and O–H groups in total. The standard InChI is InChI=1S/C24H22N8O2/c1-31(15-16-6-4-3-5-7-16)21-12-20(17-13-26-27-14-17)32-22(29-21)11-19(30-32)24(33)28-18-8-9-25-23(10-18)34-2/h3-14H,15H2,1-2H3,(H,26,27)(H,25,28,33). The van der Waals surface area contributed by atoms with Gasteiger partial charge in [-0.2, -0.15) is 10.2 Å². The lowest BCUT2D eigenvalue weighted by Gasteiger charge is -2.19. The van der Waals surface area contributed by atoms with Crippen LogP contribution in [-0.2, 0) is 6.54 Å². The van der Waals surface area contributed by atoms with Crippen LogP contribution < -0.4 is 15.0 Å². The summed E-state index contributed by atoms with van der Waals surface area (Å²) in [5.74, 6) is 0.789. The highest BCUT2D eigenvalue weighted by molar-refractivity contribution is 6.03. The van der Waals surface area contributed by atoms with Gasteiger partial charge in [0.2, 0.25) is 5.88 Å². The summed E-state index contributed by atoms with van der Waals surface area (Å²) in [7, 11) is 3.50. The molecule has 10 nitrogen and oxygen atoms in total. The van der Waals surface area contributed by atoms with E-state index in [-0.39, 0.29) is 11.6 Å². The summed E-state index contributed by atoms with van der Waals surface area (Å²) in [6.45, 7) is 0.681. The Balaban J connectivity index is 1.51.